The molecule has 0 fully saturated rings. The van der Waals surface area contributed by atoms with Crippen molar-refractivity contribution < 1.29 is 8.81 Å². The van der Waals surface area contributed by atoms with Crippen molar-refractivity contribution in [3.63, 3.8) is 0 Å². The minimum atomic E-state index is -0.478. The maximum Gasteiger partial charge on any atom is 0.201 e. The van der Waals surface area contributed by atoms with E-state index in [4.69, 9.17) is 21.8 Å². The summed E-state index contributed by atoms with van der Waals surface area (Å²) in [6.07, 6.45) is 2.27. The van der Waals surface area contributed by atoms with Crippen molar-refractivity contribution in [2.45, 2.75) is 13.0 Å². The van der Waals surface area contributed by atoms with Gasteiger partial charge in [0.2, 0.25) is 5.95 Å². The van der Waals surface area contributed by atoms with Crippen LogP contribution in [0.1, 0.15) is 5.76 Å². The number of aromatic nitrogens is 2. The Morgan fingerprint density at radius 1 is 1.42 bits per heavy atom. The summed E-state index contributed by atoms with van der Waals surface area (Å²) in [4.78, 5) is 4.17. The van der Waals surface area contributed by atoms with Gasteiger partial charge in [-0.3, -0.25) is 0 Å². The predicted molar refractivity (Wildman–Crippen MR) is 71.5 cm³/mol. The Labute approximate surface area is 113 Å². The van der Waals surface area contributed by atoms with Crippen LogP contribution in [0.2, 0.25) is 5.02 Å². The fraction of sp³-hybridized carbons (Fsp3) is 0.154. The van der Waals surface area contributed by atoms with E-state index in [-0.39, 0.29) is 5.02 Å². The van der Waals surface area contributed by atoms with Gasteiger partial charge in [-0.2, -0.15) is 0 Å². The minimum absolute atomic E-state index is 0.0446. The molecule has 3 rings (SSSR count). The van der Waals surface area contributed by atoms with Crippen molar-refractivity contribution in [2.75, 3.05) is 5.73 Å². The van der Waals surface area contributed by atoms with Crippen molar-refractivity contribution in [3.05, 3.63) is 47.1 Å². The van der Waals surface area contributed by atoms with E-state index in [2.05, 4.69) is 4.98 Å². The molecule has 6 heteroatoms. The Balaban J connectivity index is 1.98. The van der Waals surface area contributed by atoms with Crippen LogP contribution in [0.25, 0.3) is 11.0 Å². The highest BCUT2D eigenvalue weighted by Crippen LogP contribution is 2.25. The lowest BCUT2D eigenvalue weighted by Crippen LogP contribution is -2.05. The number of hydrogen-bond donors (Lipinski definition) is 1. The van der Waals surface area contributed by atoms with E-state index in [0.29, 0.717) is 29.9 Å². The van der Waals surface area contributed by atoms with Gasteiger partial charge in [-0.1, -0.05) is 11.6 Å². The number of halogens is 2. The predicted octanol–water partition coefficient (Wildman–Crippen LogP) is 3.25. The van der Waals surface area contributed by atoms with Crippen LogP contribution in [0.5, 0.6) is 0 Å². The van der Waals surface area contributed by atoms with E-state index in [0.717, 1.165) is 5.76 Å². The number of imidazole rings is 1. The van der Waals surface area contributed by atoms with Crippen LogP contribution in [0.15, 0.2) is 34.9 Å². The first-order valence-corrected chi connectivity index (χ1v) is 6.16. The summed E-state index contributed by atoms with van der Waals surface area (Å²) in [6, 6.07) is 6.53. The van der Waals surface area contributed by atoms with Gasteiger partial charge in [0, 0.05) is 19.0 Å². The summed E-state index contributed by atoms with van der Waals surface area (Å²) in [6.45, 7) is 0.566. The number of rotatable bonds is 3. The first-order valence-electron chi connectivity index (χ1n) is 5.78. The molecule has 2 heterocycles. The Morgan fingerprint density at radius 2 is 2.26 bits per heavy atom. The maximum absolute atomic E-state index is 13.5. The monoisotopic (exact) mass is 279 g/mol. The molecule has 0 unspecified atom stereocenters. The van der Waals surface area contributed by atoms with Crippen molar-refractivity contribution in [3.8, 4) is 0 Å². The summed E-state index contributed by atoms with van der Waals surface area (Å²) in [5.74, 6) is 0.701. The number of aryl methyl sites for hydroxylation is 2. The van der Waals surface area contributed by atoms with Crippen LogP contribution in [-0.4, -0.2) is 9.55 Å². The van der Waals surface area contributed by atoms with Gasteiger partial charge in [0.15, 0.2) is 0 Å². The highest BCUT2D eigenvalue weighted by molar-refractivity contribution is 6.31. The van der Waals surface area contributed by atoms with E-state index < -0.39 is 5.82 Å². The van der Waals surface area contributed by atoms with E-state index in [9.17, 15) is 4.39 Å². The zero-order valence-corrected chi connectivity index (χ0v) is 10.7. The van der Waals surface area contributed by atoms with E-state index >= 15 is 0 Å². The summed E-state index contributed by atoms with van der Waals surface area (Å²) in [5.41, 5.74) is 7.07. The topological polar surface area (TPSA) is 57.0 Å². The molecule has 2 aromatic heterocycles. The van der Waals surface area contributed by atoms with E-state index in [1.807, 2.05) is 12.1 Å². The van der Waals surface area contributed by atoms with Gasteiger partial charge in [0.25, 0.3) is 0 Å². The van der Waals surface area contributed by atoms with Crippen molar-refractivity contribution in [1.29, 1.82) is 0 Å². The van der Waals surface area contributed by atoms with Crippen LogP contribution in [0.3, 0.4) is 0 Å². The molecule has 3 aromatic rings. The molecular formula is C13H11ClFN3O. The molecule has 1 aromatic carbocycles. The molecule has 2 N–H and O–H groups in total. The molecule has 0 spiro atoms. The molecule has 0 radical (unpaired) electrons. The zero-order chi connectivity index (χ0) is 13.4. The van der Waals surface area contributed by atoms with Gasteiger partial charge < -0.3 is 14.7 Å². The number of furan rings is 1. The van der Waals surface area contributed by atoms with Crippen LogP contribution in [0, 0.1) is 5.82 Å². The minimum Gasteiger partial charge on any atom is -0.469 e. The molecule has 0 atom stereocenters. The Hall–Kier alpha value is -2.01. The average molecular weight is 280 g/mol. The summed E-state index contributed by atoms with van der Waals surface area (Å²) in [7, 11) is 0. The fourth-order valence-electron chi connectivity index (χ4n) is 2.05. The van der Waals surface area contributed by atoms with Crippen molar-refractivity contribution >= 4 is 28.6 Å². The number of hydrogen-bond acceptors (Lipinski definition) is 3. The van der Waals surface area contributed by atoms with Gasteiger partial charge in [-0.15, -0.1) is 0 Å². The van der Waals surface area contributed by atoms with Crippen LogP contribution >= 0.6 is 11.6 Å². The molecule has 4 nitrogen and oxygen atoms in total. The first kappa shape index (κ1) is 12.0. The van der Waals surface area contributed by atoms with Gasteiger partial charge in [-0.25, -0.2) is 9.37 Å². The number of benzene rings is 1. The number of nitrogen functional groups attached to an aromatic ring is 1. The number of nitrogens with zero attached hydrogens (tertiary/aromatic N) is 2. The molecule has 19 heavy (non-hydrogen) atoms. The molecule has 0 saturated heterocycles. The third-order valence-electron chi connectivity index (χ3n) is 2.98. The Morgan fingerprint density at radius 3 is 3.00 bits per heavy atom. The SMILES string of the molecule is Nc1nc2cc(Cl)c(F)cc2n1CCc1ccco1. The molecule has 0 aliphatic heterocycles. The van der Waals surface area contributed by atoms with Crippen LogP contribution in [-0.2, 0) is 13.0 Å². The second kappa shape index (κ2) is 4.59. The maximum atomic E-state index is 13.5. The van der Waals surface area contributed by atoms with Gasteiger partial charge in [-0.05, 0) is 18.2 Å². The summed E-state index contributed by atoms with van der Waals surface area (Å²) < 4.78 is 20.5. The van der Waals surface area contributed by atoms with Crippen molar-refractivity contribution in [1.82, 2.24) is 9.55 Å². The Kier molecular flexibility index (Phi) is 2.91. The average Bonchev–Trinajstić information content (AvgIpc) is 2.96. The lowest BCUT2D eigenvalue weighted by molar-refractivity contribution is 0.494. The number of fused-ring (bicyclic) bond motifs is 1. The third kappa shape index (κ3) is 2.17. The summed E-state index contributed by atoms with van der Waals surface area (Å²) >= 11 is 5.73. The van der Waals surface area contributed by atoms with Gasteiger partial charge in [0.1, 0.15) is 11.6 Å². The van der Waals surface area contributed by atoms with Gasteiger partial charge in [0.05, 0.1) is 22.3 Å². The first-order chi connectivity index (χ1) is 9.15. The third-order valence-corrected chi connectivity index (χ3v) is 3.27. The zero-order valence-electron chi connectivity index (χ0n) is 9.94. The number of nitrogens with two attached hydrogens (primary N) is 1. The lowest BCUT2D eigenvalue weighted by Gasteiger charge is -2.05. The fourth-order valence-corrected chi connectivity index (χ4v) is 2.21. The van der Waals surface area contributed by atoms with Crippen LogP contribution in [0.4, 0.5) is 10.3 Å². The number of anilines is 1. The largest absolute Gasteiger partial charge is 0.469 e. The van der Waals surface area contributed by atoms with Gasteiger partial charge >= 0.3 is 0 Å². The highest BCUT2D eigenvalue weighted by atomic mass is 35.5. The van der Waals surface area contributed by atoms with Crippen LogP contribution < -0.4 is 5.73 Å². The molecule has 0 bridgehead atoms. The molecule has 0 saturated carbocycles. The standard InChI is InChI=1S/C13H11ClFN3O/c14-9-6-11-12(7-10(9)15)18(13(16)17-11)4-3-8-2-1-5-19-8/h1-2,5-7H,3-4H2,(H2,16,17). The molecular weight excluding hydrogens is 269 g/mol. The molecule has 98 valence electrons. The van der Waals surface area contributed by atoms with E-state index in [1.54, 1.807) is 10.8 Å². The lowest BCUT2D eigenvalue weighted by atomic mass is 10.3. The highest BCUT2D eigenvalue weighted by Gasteiger charge is 2.12. The molecule has 0 amide bonds. The van der Waals surface area contributed by atoms with Crippen molar-refractivity contribution in [2.24, 2.45) is 0 Å². The molecule has 0 aliphatic rings. The second-order valence-electron chi connectivity index (χ2n) is 4.21. The normalized spacial score (nSPS) is 11.3. The molecule has 0 aliphatic carbocycles. The van der Waals surface area contributed by atoms with E-state index in [1.165, 1.54) is 12.1 Å². The quantitative estimate of drug-likeness (QED) is 0.801. The summed E-state index contributed by atoms with van der Waals surface area (Å²) in [5, 5.41) is 0.0446. The Bertz CT molecular complexity index is 721. The second-order valence-corrected chi connectivity index (χ2v) is 4.61. The smallest absolute Gasteiger partial charge is 0.201 e.